The van der Waals surface area contributed by atoms with Crippen molar-refractivity contribution < 1.29 is 14.6 Å². The molecule has 1 rings (SSSR count). The van der Waals surface area contributed by atoms with Crippen LogP contribution in [-0.4, -0.2) is 54.9 Å². The number of β-amino-alcohol motifs (C(OH)–C–C–N with tert-alkyl or cyclic N) is 1. The van der Waals surface area contributed by atoms with Crippen LogP contribution in [0.25, 0.3) is 0 Å². The number of hydrogen-bond donors (Lipinski definition) is 2. The lowest BCUT2D eigenvalue weighted by atomic mass is 10.0. The predicted octanol–water partition coefficient (Wildman–Crippen LogP) is -1.45. The van der Waals surface area contributed by atoms with Crippen molar-refractivity contribution in [3.05, 3.63) is 0 Å². The molecular weight excluding hydrogens is 172 g/mol. The van der Waals surface area contributed by atoms with Gasteiger partial charge in [-0.05, 0) is 6.42 Å². The lowest BCUT2D eigenvalue weighted by Crippen LogP contribution is -2.42. The van der Waals surface area contributed by atoms with Gasteiger partial charge in [-0.1, -0.05) is 0 Å². The van der Waals surface area contributed by atoms with E-state index >= 15 is 0 Å². The molecule has 0 spiro atoms. The monoisotopic (exact) mass is 188 g/mol. The molecule has 1 saturated heterocycles. The van der Waals surface area contributed by atoms with Gasteiger partial charge in [0.15, 0.2) is 0 Å². The number of rotatable bonds is 3. The molecule has 13 heavy (non-hydrogen) atoms. The first-order chi connectivity index (χ1) is 6.11. The van der Waals surface area contributed by atoms with Gasteiger partial charge in [0.05, 0.1) is 12.1 Å². The van der Waals surface area contributed by atoms with E-state index < -0.39 is 5.60 Å². The van der Waals surface area contributed by atoms with Crippen LogP contribution in [0, 0.1) is 0 Å². The molecule has 0 aromatic heterocycles. The van der Waals surface area contributed by atoms with E-state index in [0.717, 1.165) is 0 Å². The van der Waals surface area contributed by atoms with Gasteiger partial charge in [-0.2, -0.15) is 0 Å². The van der Waals surface area contributed by atoms with Crippen LogP contribution in [0.1, 0.15) is 6.42 Å². The van der Waals surface area contributed by atoms with E-state index in [0.29, 0.717) is 19.5 Å². The average molecular weight is 188 g/mol. The highest BCUT2D eigenvalue weighted by Gasteiger charge is 2.36. The third-order valence-corrected chi connectivity index (χ3v) is 2.33. The number of methoxy groups -OCH3 is 1. The minimum absolute atomic E-state index is 0.0701. The zero-order valence-electron chi connectivity index (χ0n) is 7.82. The van der Waals surface area contributed by atoms with E-state index in [2.05, 4.69) is 0 Å². The van der Waals surface area contributed by atoms with Gasteiger partial charge in [-0.3, -0.25) is 4.79 Å². The number of hydrogen-bond acceptors (Lipinski definition) is 4. The highest BCUT2D eigenvalue weighted by molar-refractivity contribution is 5.77. The molecule has 1 unspecified atom stereocenters. The third-order valence-electron chi connectivity index (χ3n) is 2.33. The van der Waals surface area contributed by atoms with Crippen molar-refractivity contribution in [2.45, 2.75) is 12.0 Å². The summed E-state index contributed by atoms with van der Waals surface area (Å²) in [5.41, 5.74) is 4.50. The SMILES string of the molecule is COCC(=O)N1CCC(O)(CN)C1. The zero-order valence-corrected chi connectivity index (χ0v) is 7.82. The number of carbonyl (C=O) groups is 1. The molecule has 76 valence electrons. The van der Waals surface area contributed by atoms with Gasteiger partial charge in [0.2, 0.25) is 5.91 Å². The van der Waals surface area contributed by atoms with Crippen LogP contribution in [0.3, 0.4) is 0 Å². The number of carbonyl (C=O) groups excluding carboxylic acids is 1. The second-order valence-corrected chi connectivity index (χ2v) is 3.43. The lowest BCUT2D eigenvalue weighted by Gasteiger charge is -2.21. The molecular formula is C8H16N2O3. The van der Waals surface area contributed by atoms with Gasteiger partial charge in [0, 0.05) is 20.2 Å². The van der Waals surface area contributed by atoms with Gasteiger partial charge in [-0.15, -0.1) is 0 Å². The van der Waals surface area contributed by atoms with Crippen LogP contribution in [0.15, 0.2) is 0 Å². The fourth-order valence-electron chi connectivity index (χ4n) is 1.45. The number of nitrogens with zero attached hydrogens (tertiary/aromatic N) is 1. The van der Waals surface area contributed by atoms with Crippen LogP contribution < -0.4 is 5.73 Å². The summed E-state index contributed by atoms with van der Waals surface area (Å²) in [5.74, 6) is -0.0909. The fraction of sp³-hybridized carbons (Fsp3) is 0.875. The van der Waals surface area contributed by atoms with Crippen LogP contribution >= 0.6 is 0 Å². The Hall–Kier alpha value is -0.650. The molecule has 1 atom stereocenters. The van der Waals surface area contributed by atoms with Crippen LogP contribution in [-0.2, 0) is 9.53 Å². The number of amides is 1. The summed E-state index contributed by atoms with van der Waals surface area (Å²) in [6, 6.07) is 0. The van der Waals surface area contributed by atoms with Gasteiger partial charge in [-0.25, -0.2) is 0 Å². The maximum absolute atomic E-state index is 11.3. The molecule has 5 heteroatoms. The summed E-state index contributed by atoms with van der Waals surface area (Å²) >= 11 is 0. The molecule has 0 aromatic carbocycles. The van der Waals surface area contributed by atoms with E-state index in [1.54, 1.807) is 4.90 Å². The molecule has 1 aliphatic rings. The lowest BCUT2D eigenvalue weighted by molar-refractivity contribution is -0.135. The van der Waals surface area contributed by atoms with Crippen molar-refractivity contribution in [2.24, 2.45) is 5.73 Å². The van der Waals surface area contributed by atoms with E-state index in [9.17, 15) is 9.90 Å². The van der Waals surface area contributed by atoms with E-state index in [-0.39, 0.29) is 19.1 Å². The van der Waals surface area contributed by atoms with Crippen molar-refractivity contribution >= 4 is 5.91 Å². The van der Waals surface area contributed by atoms with Crippen LogP contribution in [0.5, 0.6) is 0 Å². The summed E-state index contributed by atoms with van der Waals surface area (Å²) in [6.07, 6.45) is 0.555. The first-order valence-electron chi connectivity index (χ1n) is 4.30. The summed E-state index contributed by atoms with van der Waals surface area (Å²) in [6.45, 7) is 1.16. The van der Waals surface area contributed by atoms with Crippen LogP contribution in [0.4, 0.5) is 0 Å². The molecule has 1 aliphatic heterocycles. The third kappa shape index (κ3) is 2.40. The summed E-state index contributed by atoms with van der Waals surface area (Å²) in [7, 11) is 1.48. The average Bonchev–Trinajstić information content (AvgIpc) is 2.50. The van der Waals surface area contributed by atoms with Crippen molar-refractivity contribution in [3.63, 3.8) is 0 Å². The van der Waals surface area contributed by atoms with Crippen molar-refractivity contribution in [2.75, 3.05) is 33.4 Å². The Bertz CT molecular complexity index is 198. The number of ether oxygens (including phenoxy) is 1. The number of aliphatic hydroxyl groups is 1. The van der Waals surface area contributed by atoms with E-state index in [1.165, 1.54) is 7.11 Å². The van der Waals surface area contributed by atoms with Crippen molar-refractivity contribution in [3.8, 4) is 0 Å². The van der Waals surface area contributed by atoms with Crippen molar-refractivity contribution in [1.29, 1.82) is 0 Å². The quantitative estimate of drug-likeness (QED) is 0.568. The molecule has 3 N–H and O–H groups in total. The first kappa shape index (κ1) is 10.4. The first-order valence-corrected chi connectivity index (χ1v) is 4.30. The standard InChI is InChI=1S/C8H16N2O3/c1-13-4-7(11)10-3-2-8(12,5-9)6-10/h12H,2-6,9H2,1H3. The highest BCUT2D eigenvalue weighted by atomic mass is 16.5. The maximum atomic E-state index is 11.3. The Morgan fingerprint density at radius 1 is 1.77 bits per heavy atom. The fourth-order valence-corrected chi connectivity index (χ4v) is 1.45. The Kier molecular flexibility index (Phi) is 3.24. The second kappa shape index (κ2) is 4.04. The molecule has 0 aliphatic carbocycles. The molecule has 0 saturated carbocycles. The molecule has 1 heterocycles. The Morgan fingerprint density at radius 3 is 2.92 bits per heavy atom. The minimum atomic E-state index is -0.886. The maximum Gasteiger partial charge on any atom is 0.248 e. The second-order valence-electron chi connectivity index (χ2n) is 3.43. The molecule has 1 amide bonds. The van der Waals surface area contributed by atoms with E-state index in [4.69, 9.17) is 10.5 Å². The van der Waals surface area contributed by atoms with Gasteiger partial charge < -0.3 is 20.5 Å². The van der Waals surface area contributed by atoms with Gasteiger partial charge in [0.1, 0.15) is 6.61 Å². The molecule has 0 radical (unpaired) electrons. The molecule has 0 bridgehead atoms. The normalized spacial score (nSPS) is 28.1. The van der Waals surface area contributed by atoms with Gasteiger partial charge in [0.25, 0.3) is 0 Å². The minimum Gasteiger partial charge on any atom is -0.387 e. The summed E-state index contributed by atoms with van der Waals surface area (Å²) < 4.78 is 4.71. The summed E-state index contributed by atoms with van der Waals surface area (Å²) in [5, 5.41) is 9.73. The molecule has 1 fully saturated rings. The Balaban J connectivity index is 2.45. The smallest absolute Gasteiger partial charge is 0.248 e. The molecule has 0 aromatic rings. The van der Waals surface area contributed by atoms with Crippen LogP contribution in [0.2, 0.25) is 0 Å². The molecule has 5 nitrogen and oxygen atoms in total. The topological polar surface area (TPSA) is 75.8 Å². The van der Waals surface area contributed by atoms with Gasteiger partial charge >= 0.3 is 0 Å². The number of nitrogens with two attached hydrogens (primary N) is 1. The Morgan fingerprint density at radius 2 is 2.46 bits per heavy atom. The summed E-state index contributed by atoms with van der Waals surface area (Å²) in [4.78, 5) is 12.9. The zero-order chi connectivity index (χ0) is 9.90. The highest BCUT2D eigenvalue weighted by Crippen LogP contribution is 2.19. The predicted molar refractivity (Wildman–Crippen MR) is 47.1 cm³/mol. The largest absolute Gasteiger partial charge is 0.387 e. The number of likely N-dealkylation sites (tertiary alicyclic amines) is 1. The van der Waals surface area contributed by atoms with E-state index in [1.807, 2.05) is 0 Å². The Labute approximate surface area is 77.5 Å². The van der Waals surface area contributed by atoms with Crippen molar-refractivity contribution in [1.82, 2.24) is 4.90 Å².